The predicted octanol–water partition coefficient (Wildman–Crippen LogP) is 5.50. The van der Waals surface area contributed by atoms with Crippen molar-refractivity contribution in [3.05, 3.63) is 93.6 Å². The van der Waals surface area contributed by atoms with Gasteiger partial charge in [0, 0.05) is 0 Å². The minimum atomic E-state index is 0.00486. The second kappa shape index (κ2) is 4.46. The molecule has 22 heavy (non-hydrogen) atoms. The molecule has 0 saturated carbocycles. The van der Waals surface area contributed by atoms with Gasteiger partial charge in [-0.2, -0.15) is 0 Å². The number of fused-ring (bicyclic) bond motifs is 1. The highest BCUT2D eigenvalue weighted by Crippen LogP contribution is 2.64. The first kappa shape index (κ1) is 13.6. The van der Waals surface area contributed by atoms with Gasteiger partial charge in [-0.1, -0.05) is 72.7 Å². The highest BCUT2D eigenvalue weighted by Gasteiger charge is 2.55. The molecule has 3 aliphatic carbocycles. The molecule has 0 radical (unpaired) electrons. The van der Waals surface area contributed by atoms with Gasteiger partial charge < -0.3 is 0 Å². The smallest absolute Gasteiger partial charge is 0.0672 e. The first-order chi connectivity index (χ1) is 10.5. The summed E-state index contributed by atoms with van der Waals surface area (Å²) in [6.45, 7) is 8.93. The van der Waals surface area contributed by atoms with Crippen molar-refractivity contribution in [1.82, 2.24) is 0 Å². The molecule has 0 spiro atoms. The number of rotatable bonds is 2. The van der Waals surface area contributed by atoms with E-state index >= 15 is 0 Å². The van der Waals surface area contributed by atoms with E-state index < -0.39 is 0 Å². The van der Waals surface area contributed by atoms with Crippen LogP contribution in [0.5, 0.6) is 0 Å². The molecule has 1 atom stereocenters. The van der Waals surface area contributed by atoms with Crippen LogP contribution in [0.15, 0.2) is 71.3 Å². The number of hydrogen-bond acceptors (Lipinski definition) is 0. The maximum atomic E-state index is 2.46. The van der Waals surface area contributed by atoms with Crippen molar-refractivity contribution < 1.29 is 0 Å². The van der Waals surface area contributed by atoms with Crippen LogP contribution in [0.2, 0.25) is 0 Å². The highest BCUT2D eigenvalue weighted by molar-refractivity contribution is 5.77. The van der Waals surface area contributed by atoms with E-state index in [1.807, 2.05) is 0 Å². The first-order valence-corrected chi connectivity index (χ1v) is 8.13. The fraction of sp³-hybridized carbons (Fsp3) is 0.273. The van der Waals surface area contributed by atoms with Gasteiger partial charge in [-0.15, -0.1) is 0 Å². The molecule has 0 heterocycles. The molecular formula is C22H22. The van der Waals surface area contributed by atoms with Crippen LogP contribution in [0.3, 0.4) is 0 Å². The molecule has 2 aromatic carbocycles. The zero-order valence-corrected chi connectivity index (χ0v) is 13.8. The van der Waals surface area contributed by atoms with E-state index in [1.165, 1.54) is 33.4 Å². The Morgan fingerprint density at radius 2 is 1.18 bits per heavy atom. The maximum Gasteiger partial charge on any atom is 0.0672 e. The minimum absolute atomic E-state index is 0.00486. The molecular weight excluding hydrogens is 264 g/mol. The monoisotopic (exact) mass is 286 g/mol. The second-order valence-electron chi connectivity index (χ2n) is 6.89. The van der Waals surface area contributed by atoms with E-state index in [4.69, 9.17) is 0 Å². The summed E-state index contributed by atoms with van der Waals surface area (Å²) in [5.74, 6) is 0.553. The molecule has 110 valence electrons. The third kappa shape index (κ3) is 1.53. The molecule has 0 nitrogen and oxygen atoms in total. The van der Waals surface area contributed by atoms with Crippen molar-refractivity contribution in [1.29, 1.82) is 0 Å². The summed E-state index contributed by atoms with van der Waals surface area (Å²) in [5.41, 5.74) is 10.1. The molecule has 1 unspecified atom stereocenters. The lowest BCUT2D eigenvalue weighted by atomic mass is 9.56. The predicted molar refractivity (Wildman–Crippen MR) is 93.1 cm³/mol. The Morgan fingerprint density at radius 3 is 1.50 bits per heavy atom. The summed E-state index contributed by atoms with van der Waals surface area (Å²) in [4.78, 5) is 0. The Bertz CT molecular complexity index is 753. The van der Waals surface area contributed by atoms with Crippen LogP contribution in [-0.2, 0) is 5.41 Å². The topological polar surface area (TPSA) is 0 Å². The molecule has 0 heteroatoms. The Labute approximate surface area is 133 Å². The Morgan fingerprint density at radius 1 is 0.727 bits per heavy atom. The van der Waals surface area contributed by atoms with Crippen LogP contribution in [0.1, 0.15) is 36.1 Å². The lowest BCUT2D eigenvalue weighted by Gasteiger charge is -2.46. The molecule has 2 bridgehead atoms. The third-order valence-electron chi connectivity index (χ3n) is 5.46. The summed E-state index contributed by atoms with van der Waals surface area (Å²) in [7, 11) is 0. The number of aryl methyl sites for hydroxylation is 2. The van der Waals surface area contributed by atoms with Crippen LogP contribution < -0.4 is 0 Å². The van der Waals surface area contributed by atoms with Crippen molar-refractivity contribution in [3.63, 3.8) is 0 Å². The van der Waals surface area contributed by atoms with E-state index in [-0.39, 0.29) is 5.41 Å². The van der Waals surface area contributed by atoms with Crippen LogP contribution >= 0.6 is 0 Å². The molecule has 0 aliphatic heterocycles. The maximum absolute atomic E-state index is 2.46. The zero-order valence-electron chi connectivity index (χ0n) is 13.8. The molecule has 0 fully saturated rings. The molecule has 2 aromatic rings. The van der Waals surface area contributed by atoms with E-state index in [9.17, 15) is 0 Å². The largest absolute Gasteiger partial charge is 0.0725 e. The van der Waals surface area contributed by atoms with Crippen molar-refractivity contribution in [3.8, 4) is 0 Å². The van der Waals surface area contributed by atoms with Gasteiger partial charge in [-0.3, -0.25) is 0 Å². The van der Waals surface area contributed by atoms with Crippen molar-refractivity contribution in [2.24, 2.45) is 5.92 Å². The van der Waals surface area contributed by atoms with Gasteiger partial charge in [0.15, 0.2) is 0 Å². The standard InChI is InChI=1S/C22H22/c1-14-5-9-18(10-6-14)22(19-11-7-15(2)8-12-19)20-13-16(3)21(22)17(20)4/h5-13,16H,1-4H3. The van der Waals surface area contributed by atoms with E-state index in [0.29, 0.717) is 5.92 Å². The fourth-order valence-corrected chi connectivity index (χ4v) is 4.45. The lowest BCUT2D eigenvalue weighted by Crippen LogP contribution is -2.39. The van der Waals surface area contributed by atoms with Gasteiger partial charge in [-0.25, -0.2) is 0 Å². The molecule has 3 aliphatic rings. The van der Waals surface area contributed by atoms with Crippen molar-refractivity contribution in [2.45, 2.75) is 33.1 Å². The molecule has 0 saturated heterocycles. The molecule has 0 aromatic heterocycles. The second-order valence-corrected chi connectivity index (χ2v) is 6.89. The summed E-state index contributed by atoms with van der Waals surface area (Å²) in [6, 6.07) is 18.2. The van der Waals surface area contributed by atoms with Gasteiger partial charge in [-0.05, 0) is 54.5 Å². The first-order valence-electron chi connectivity index (χ1n) is 8.13. The van der Waals surface area contributed by atoms with E-state index in [0.717, 1.165) is 0 Å². The van der Waals surface area contributed by atoms with Gasteiger partial charge in [0.05, 0.1) is 5.41 Å². The quantitative estimate of drug-likeness (QED) is 0.684. The van der Waals surface area contributed by atoms with Crippen LogP contribution in [0, 0.1) is 19.8 Å². The number of benzene rings is 2. The van der Waals surface area contributed by atoms with Crippen LogP contribution in [-0.4, -0.2) is 0 Å². The highest BCUT2D eigenvalue weighted by atomic mass is 14.6. The Balaban J connectivity index is 1.98. The Kier molecular flexibility index (Phi) is 2.75. The fourth-order valence-electron chi connectivity index (χ4n) is 4.45. The molecule has 0 N–H and O–H groups in total. The van der Waals surface area contributed by atoms with Crippen LogP contribution in [0.25, 0.3) is 0 Å². The molecule has 5 rings (SSSR count). The lowest BCUT2D eigenvalue weighted by molar-refractivity contribution is 0.626. The van der Waals surface area contributed by atoms with E-state index in [1.54, 1.807) is 5.57 Å². The van der Waals surface area contributed by atoms with Gasteiger partial charge in [0.25, 0.3) is 0 Å². The van der Waals surface area contributed by atoms with E-state index in [2.05, 4.69) is 82.3 Å². The van der Waals surface area contributed by atoms with Gasteiger partial charge in [0.2, 0.25) is 0 Å². The summed E-state index contributed by atoms with van der Waals surface area (Å²) < 4.78 is 0. The SMILES string of the molecule is CC1=C2C(C)C=C1C2(c1ccc(C)cc1)c1ccc(C)cc1. The Hall–Kier alpha value is -2.08. The number of hydrogen-bond donors (Lipinski definition) is 0. The third-order valence-corrected chi connectivity index (χ3v) is 5.46. The molecule has 0 amide bonds. The van der Waals surface area contributed by atoms with Crippen molar-refractivity contribution >= 4 is 0 Å². The summed E-state index contributed by atoms with van der Waals surface area (Å²) >= 11 is 0. The normalized spacial score (nSPS) is 21.6. The average molecular weight is 286 g/mol. The van der Waals surface area contributed by atoms with Crippen LogP contribution in [0.4, 0.5) is 0 Å². The average Bonchev–Trinajstić information content (AvgIpc) is 2.99. The van der Waals surface area contributed by atoms with Crippen molar-refractivity contribution in [2.75, 3.05) is 0 Å². The minimum Gasteiger partial charge on any atom is -0.0725 e. The summed E-state index contributed by atoms with van der Waals surface area (Å²) in [5, 5.41) is 0. The zero-order chi connectivity index (χ0) is 15.5. The van der Waals surface area contributed by atoms with Gasteiger partial charge >= 0.3 is 0 Å². The van der Waals surface area contributed by atoms with Gasteiger partial charge in [0.1, 0.15) is 0 Å². The summed E-state index contributed by atoms with van der Waals surface area (Å²) in [6.07, 6.45) is 2.46. The number of allylic oxidation sites excluding steroid dienone is 4.